The topological polar surface area (TPSA) is 52.6 Å². The second-order valence-corrected chi connectivity index (χ2v) is 8.18. The van der Waals surface area contributed by atoms with Gasteiger partial charge in [-0.3, -0.25) is 9.59 Å². The lowest BCUT2D eigenvalue weighted by Crippen LogP contribution is -2.27. The van der Waals surface area contributed by atoms with E-state index >= 15 is 0 Å². The zero-order valence-electron chi connectivity index (χ0n) is 19.6. The Kier molecular flexibility index (Phi) is 20.9. The van der Waals surface area contributed by atoms with Crippen LogP contribution in [0.25, 0.3) is 0 Å². The maximum atomic E-state index is 11.9. The monoisotopic (exact) mass is 412 g/mol. The van der Waals surface area contributed by atoms with Crippen LogP contribution >= 0.6 is 0 Å². The van der Waals surface area contributed by atoms with Gasteiger partial charge in [-0.1, -0.05) is 110 Å². The SMILES string of the molecule is CCCCCCCCCCCCCCCCCCOC(=O)C(CC)C(=O)OCC. The number of hydrogen-bond donors (Lipinski definition) is 0. The van der Waals surface area contributed by atoms with E-state index in [9.17, 15) is 9.59 Å². The molecule has 1 unspecified atom stereocenters. The molecule has 4 nitrogen and oxygen atoms in total. The van der Waals surface area contributed by atoms with Crippen LogP contribution in [0.5, 0.6) is 0 Å². The molecular formula is C25H48O4. The zero-order valence-corrected chi connectivity index (χ0v) is 19.6. The summed E-state index contributed by atoms with van der Waals surface area (Å²) in [6.45, 7) is 6.52. The number of ether oxygens (including phenoxy) is 2. The molecule has 0 aliphatic heterocycles. The highest BCUT2D eigenvalue weighted by Crippen LogP contribution is 2.14. The predicted molar refractivity (Wildman–Crippen MR) is 121 cm³/mol. The van der Waals surface area contributed by atoms with Gasteiger partial charge in [-0.25, -0.2) is 0 Å². The van der Waals surface area contributed by atoms with Crippen molar-refractivity contribution in [3.8, 4) is 0 Å². The van der Waals surface area contributed by atoms with Crippen LogP contribution < -0.4 is 0 Å². The molecule has 0 aliphatic carbocycles. The van der Waals surface area contributed by atoms with Crippen LogP contribution in [0.2, 0.25) is 0 Å². The number of unbranched alkanes of at least 4 members (excludes halogenated alkanes) is 15. The minimum absolute atomic E-state index is 0.293. The maximum absolute atomic E-state index is 11.9. The quantitative estimate of drug-likeness (QED) is 0.112. The van der Waals surface area contributed by atoms with Gasteiger partial charge in [0.05, 0.1) is 13.2 Å². The fourth-order valence-electron chi connectivity index (χ4n) is 3.60. The van der Waals surface area contributed by atoms with Crippen molar-refractivity contribution in [3.63, 3.8) is 0 Å². The van der Waals surface area contributed by atoms with E-state index < -0.39 is 17.9 Å². The number of rotatable bonds is 21. The number of hydrogen-bond acceptors (Lipinski definition) is 4. The minimum atomic E-state index is -0.768. The lowest BCUT2D eigenvalue weighted by molar-refractivity contribution is -0.162. The molecule has 1 atom stereocenters. The van der Waals surface area contributed by atoms with Crippen LogP contribution in [-0.4, -0.2) is 25.2 Å². The molecule has 0 N–H and O–H groups in total. The normalized spacial score (nSPS) is 12.0. The van der Waals surface area contributed by atoms with Crippen LogP contribution in [0, 0.1) is 5.92 Å². The van der Waals surface area contributed by atoms with Crippen LogP contribution in [0.1, 0.15) is 130 Å². The molecule has 0 aromatic carbocycles. The van der Waals surface area contributed by atoms with Gasteiger partial charge in [0.1, 0.15) is 0 Å². The summed E-state index contributed by atoms with van der Waals surface area (Å²) in [6, 6.07) is 0. The second-order valence-electron chi connectivity index (χ2n) is 8.18. The summed E-state index contributed by atoms with van der Waals surface area (Å²) in [5.41, 5.74) is 0. The molecular weight excluding hydrogens is 364 g/mol. The highest BCUT2D eigenvalue weighted by molar-refractivity contribution is 5.94. The summed E-state index contributed by atoms with van der Waals surface area (Å²) in [7, 11) is 0. The van der Waals surface area contributed by atoms with E-state index in [1.807, 2.05) is 0 Å². The van der Waals surface area contributed by atoms with Crippen molar-refractivity contribution in [1.82, 2.24) is 0 Å². The van der Waals surface area contributed by atoms with Gasteiger partial charge in [0, 0.05) is 0 Å². The molecule has 0 saturated carbocycles. The third-order valence-electron chi connectivity index (χ3n) is 5.51. The van der Waals surface area contributed by atoms with Crippen molar-refractivity contribution < 1.29 is 19.1 Å². The van der Waals surface area contributed by atoms with Crippen LogP contribution in [-0.2, 0) is 19.1 Å². The Bertz CT molecular complexity index is 381. The van der Waals surface area contributed by atoms with Gasteiger partial charge in [-0.2, -0.15) is 0 Å². The molecule has 0 fully saturated rings. The fraction of sp³-hybridized carbons (Fsp3) is 0.920. The van der Waals surface area contributed by atoms with Crippen molar-refractivity contribution in [1.29, 1.82) is 0 Å². The van der Waals surface area contributed by atoms with Gasteiger partial charge in [0.25, 0.3) is 0 Å². The van der Waals surface area contributed by atoms with E-state index in [-0.39, 0.29) is 0 Å². The molecule has 172 valence electrons. The van der Waals surface area contributed by atoms with Gasteiger partial charge in [-0.05, 0) is 19.8 Å². The van der Waals surface area contributed by atoms with Crippen molar-refractivity contribution in [3.05, 3.63) is 0 Å². The molecule has 0 heterocycles. The summed E-state index contributed by atoms with van der Waals surface area (Å²) in [4.78, 5) is 23.6. The molecule has 0 rings (SSSR count). The van der Waals surface area contributed by atoms with Crippen molar-refractivity contribution in [2.45, 2.75) is 130 Å². The van der Waals surface area contributed by atoms with Crippen LogP contribution in [0.4, 0.5) is 0 Å². The molecule has 4 heteroatoms. The Balaban J connectivity index is 3.35. The first kappa shape index (κ1) is 27.9. The fourth-order valence-corrected chi connectivity index (χ4v) is 3.60. The van der Waals surface area contributed by atoms with Crippen LogP contribution in [0.15, 0.2) is 0 Å². The van der Waals surface area contributed by atoms with Gasteiger partial charge < -0.3 is 9.47 Å². The van der Waals surface area contributed by atoms with E-state index in [1.165, 1.54) is 89.9 Å². The van der Waals surface area contributed by atoms with Crippen molar-refractivity contribution in [2.75, 3.05) is 13.2 Å². The number of esters is 2. The third-order valence-corrected chi connectivity index (χ3v) is 5.51. The molecule has 0 radical (unpaired) electrons. The average Bonchev–Trinajstić information content (AvgIpc) is 2.71. The van der Waals surface area contributed by atoms with E-state index in [0.29, 0.717) is 19.6 Å². The van der Waals surface area contributed by atoms with Crippen LogP contribution in [0.3, 0.4) is 0 Å². The van der Waals surface area contributed by atoms with Gasteiger partial charge in [0.15, 0.2) is 5.92 Å². The number of carbonyl (C=O) groups excluding carboxylic acids is 2. The van der Waals surface area contributed by atoms with Gasteiger partial charge in [-0.15, -0.1) is 0 Å². The van der Waals surface area contributed by atoms with E-state index in [4.69, 9.17) is 9.47 Å². The summed E-state index contributed by atoms with van der Waals surface area (Å²) < 4.78 is 10.2. The van der Waals surface area contributed by atoms with E-state index in [0.717, 1.165) is 12.8 Å². The Hall–Kier alpha value is -1.06. The summed E-state index contributed by atoms with van der Waals surface area (Å²) in [5.74, 6) is -1.67. The smallest absolute Gasteiger partial charge is 0.320 e. The Morgan fingerprint density at radius 2 is 0.931 bits per heavy atom. The molecule has 0 amide bonds. The summed E-state index contributed by atoms with van der Waals surface area (Å²) >= 11 is 0. The largest absolute Gasteiger partial charge is 0.465 e. The number of carbonyl (C=O) groups is 2. The molecule has 29 heavy (non-hydrogen) atoms. The van der Waals surface area contributed by atoms with Crippen molar-refractivity contribution >= 4 is 11.9 Å². The second kappa shape index (κ2) is 21.6. The summed E-state index contributed by atoms with van der Waals surface area (Å²) in [6.07, 6.45) is 21.6. The maximum Gasteiger partial charge on any atom is 0.320 e. The lowest BCUT2D eigenvalue weighted by atomic mass is 10.0. The Labute approximate surface area is 180 Å². The molecule has 0 saturated heterocycles. The van der Waals surface area contributed by atoms with Crippen molar-refractivity contribution in [2.24, 2.45) is 5.92 Å². The molecule has 0 aromatic heterocycles. The van der Waals surface area contributed by atoms with E-state index in [2.05, 4.69) is 6.92 Å². The molecule has 0 bridgehead atoms. The third kappa shape index (κ3) is 17.5. The summed E-state index contributed by atoms with van der Waals surface area (Å²) in [5, 5.41) is 0. The van der Waals surface area contributed by atoms with Gasteiger partial charge >= 0.3 is 11.9 Å². The predicted octanol–water partition coefficient (Wildman–Crippen LogP) is 7.38. The Morgan fingerprint density at radius 3 is 1.31 bits per heavy atom. The highest BCUT2D eigenvalue weighted by Gasteiger charge is 2.27. The first-order valence-electron chi connectivity index (χ1n) is 12.5. The molecule has 0 aliphatic rings. The van der Waals surface area contributed by atoms with Gasteiger partial charge in [0.2, 0.25) is 0 Å². The zero-order chi connectivity index (χ0) is 21.6. The first-order valence-corrected chi connectivity index (χ1v) is 12.5. The molecule has 0 spiro atoms. The molecule has 0 aromatic rings. The minimum Gasteiger partial charge on any atom is -0.465 e. The van der Waals surface area contributed by atoms with E-state index in [1.54, 1.807) is 13.8 Å². The first-order chi connectivity index (χ1) is 14.2. The standard InChI is InChI=1S/C25H48O4/c1-4-7-8-9-10-11-12-13-14-15-16-17-18-19-20-21-22-29-25(27)23(5-2)24(26)28-6-3/h23H,4-22H2,1-3H3. The Morgan fingerprint density at radius 1 is 0.552 bits per heavy atom. The lowest BCUT2D eigenvalue weighted by Gasteiger charge is -2.12. The average molecular weight is 413 g/mol. The highest BCUT2D eigenvalue weighted by atomic mass is 16.6.